The third kappa shape index (κ3) is 3.17. The molecule has 0 spiro atoms. The summed E-state index contributed by atoms with van der Waals surface area (Å²) in [4.78, 5) is 0. The summed E-state index contributed by atoms with van der Waals surface area (Å²) in [6, 6.07) is 2.69. The van der Waals surface area contributed by atoms with Crippen LogP contribution in [0, 0.1) is 11.7 Å². The van der Waals surface area contributed by atoms with Crippen molar-refractivity contribution in [3.05, 3.63) is 53.7 Å². The lowest BCUT2D eigenvalue weighted by Crippen LogP contribution is -2.38. The number of hydrogen-bond donors (Lipinski definition) is 1. The van der Waals surface area contributed by atoms with E-state index in [1.807, 2.05) is 0 Å². The van der Waals surface area contributed by atoms with Gasteiger partial charge in [0.05, 0.1) is 12.1 Å². The second kappa shape index (κ2) is 6.69. The number of rotatable bonds is 4. The number of benzene rings is 2. The van der Waals surface area contributed by atoms with Gasteiger partial charge in [0.15, 0.2) is 11.5 Å². The Morgan fingerprint density at radius 3 is 2.96 bits per heavy atom. The van der Waals surface area contributed by atoms with Crippen LogP contribution in [0.25, 0.3) is 0 Å². The van der Waals surface area contributed by atoms with Gasteiger partial charge in [-0.15, -0.1) is 0 Å². The zero-order valence-electron chi connectivity index (χ0n) is 18.8. The van der Waals surface area contributed by atoms with E-state index in [1.54, 1.807) is 12.1 Å². The van der Waals surface area contributed by atoms with Crippen LogP contribution in [0.4, 0.5) is 4.39 Å². The molecular formula is C19H20FNO3. The molecule has 4 nitrogen and oxygen atoms in total. The summed E-state index contributed by atoms with van der Waals surface area (Å²) in [5.74, 6) is -0.696. The smallest absolute Gasteiger partial charge is 0.231 e. The molecule has 0 aliphatic carbocycles. The van der Waals surface area contributed by atoms with Crippen LogP contribution in [-0.2, 0) is 0 Å². The Bertz CT molecular complexity index is 960. The second-order valence-corrected chi connectivity index (χ2v) is 5.79. The first-order valence-electron chi connectivity index (χ1n) is 10.8. The molecule has 2 aromatic carbocycles. The van der Waals surface area contributed by atoms with Gasteiger partial charge in [-0.05, 0) is 48.7 Å². The Morgan fingerprint density at radius 2 is 2.08 bits per heavy atom. The fourth-order valence-corrected chi connectivity index (χ4v) is 3.03. The minimum Gasteiger partial charge on any atom is -0.493 e. The number of piperidine rings is 1. The summed E-state index contributed by atoms with van der Waals surface area (Å²) in [6.07, 6.45) is 0.567. The SMILES string of the molecule is [2H]c1c([2H])c([C@H]2CCNC[C@@H]2COc2ccc3c(c2)OC([2H])([2H])O3)c([2H])c([2H])c1F. The van der Waals surface area contributed by atoms with E-state index in [9.17, 15) is 4.39 Å². The first-order valence-corrected chi connectivity index (χ1v) is 7.79. The van der Waals surface area contributed by atoms with Crippen molar-refractivity contribution in [1.29, 1.82) is 0 Å². The average Bonchev–Trinajstić information content (AvgIpc) is 3.03. The van der Waals surface area contributed by atoms with Crippen molar-refractivity contribution in [3.8, 4) is 17.2 Å². The fourth-order valence-electron chi connectivity index (χ4n) is 3.03. The lowest BCUT2D eigenvalue weighted by atomic mass is 9.81. The molecule has 24 heavy (non-hydrogen) atoms. The van der Waals surface area contributed by atoms with Gasteiger partial charge in [-0.1, -0.05) is 12.1 Å². The molecule has 2 heterocycles. The molecule has 0 unspecified atom stereocenters. The first-order chi connectivity index (χ1) is 14.2. The highest BCUT2D eigenvalue weighted by molar-refractivity contribution is 5.46. The Balaban J connectivity index is 1.55. The maximum Gasteiger partial charge on any atom is 0.231 e. The Kier molecular flexibility index (Phi) is 2.76. The Labute approximate surface area is 149 Å². The number of nitrogens with one attached hydrogen (secondary N) is 1. The van der Waals surface area contributed by atoms with Gasteiger partial charge in [-0.2, -0.15) is 0 Å². The van der Waals surface area contributed by atoms with Crippen molar-refractivity contribution < 1.29 is 26.8 Å². The molecule has 2 atom stereocenters. The minimum atomic E-state index is -2.22. The third-order valence-corrected chi connectivity index (χ3v) is 4.27. The summed E-state index contributed by atoms with van der Waals surface area (Å²) in [5.41, 5.74) is 0.209. The molecule has 0 aromatic heterocycles. The molecule has 2 aliphatic rings. The van der Waals surface area contributed by atoms with E-state index < -0.39 is 24.6 Å². The number of fused-ring (bicyclic) bond motifs is 1. The predicted octanol–water partition coefficient (Wildman–Crippen LogP) is 3.33. The van der Waals surface area contributed by atoms with Crippen molar-refractivity contribution in [2.75, 3.05) is 26.4 Å². The molecular weight excluding hydrogens is 309 g/mol. The van der Waals surface area contributed by atoms with Gasteiger partial charge >= 0.3 is 0 Å². The molecule has 0 bridgehead atoms. The van der Waals surface area contributed by atoms with Crippen LogP contribution < -0.4 is 19.5 Å². The first kappa shape index (κ1) is 9.89. The molecule has 0 amide bonds. The van der Waals surface area contributed by atoms with Gasteiger partial charge < -0.3 is 19.5 Å². The number of hydrogen-bond acceptors (Lipinski definition) is 4. The molecule has 5 heteroatoms. The molecule has 126 valence electrons. The summed E-state index contributed by atoms with van der Waals surface area (Å²) >= 11 is 0. The summed E-state index contributed by atoms with van der Waals surface area (Å²) in [7, 11) is 0. The van der Waals surface area contributed by atoms with Gasteiger partial charge in [0, 0.05) is 18.5 Å². The van der Waals surface area contributed by atoms with Gasteiger partial charge in [0.25, 0.3) is 0 Å². The highest BCUT2D eigenvalue weighted by Gasteiger charge is 2.27. The Morgan fingerprint density at radius 1 is 1.25 bits per heavy atom. The van der Waals surface area contributed by atoms with E-state index in [2.05, 4.69) is 5.32 Å². The number of ether oxygens (including phenoxy) is 3. The molecule has 1 saturated heterocycles. The molecule has 0 saturated carbocycles. The van der Waals surface area contributed by atoms with Crippen LogP contribution in [0.15, 0.2) is 42.4 Å². The third-order valence-electron chi connectivity index (χ3n) is 4.27. The lowest BCUT2D eigenvalue weighted by Gasteiger charge is -2.32. The van der Waals surface area contributed by atoms with Crippen LogP contribution in [0.2, 0.25) is 0 Å². The van der Waals surface area contributed by atoms with E-state index in [0.29, 0.717) is 25.3 Å². The second-order valence-electron chi connectivity index (χ2n) is 5.79. The highest BCUT2D eigenvalue weighted by Crippen LogP contribution is 2.36. The van der Waals surface area contributed by atoms with Crippen molar-refractivity contribution in [2.45, 2.75) is 12.3 Å². The van der Waals surface area contributed by atoms with E-state index >= 15 is 0 Å². The molecule has 0 radical (unpaired) electrons. The van der Waals surface area contributed by atoms with Gasteiger partial charge in [0.1, 0.15) is 14.3 Å². The topological polar surface area (TPSA) is 39.7 Å². The zero-order chi connectivity index (χ0) is 21.6. The van der Waals surface area contributed by atoms with Crippen molar-refractivity contribution in [2.24, 2.45) is 5.92 Å². The van der Waals surface area contributed by atoms with Gasteiger partial charge in [-0.3, -0.25) is 0 Å². The fraction of sp³-hybridized carbons (Fsp3) is 0.368. The highest BCUT2D eigenvalue weighted by atomic mass is 19.1. The Hall–Kier alpha value is -2.27. The summed E-state index contributed by atoms with van der Waals surface area (Å²) < 4.78 is 76.8. The standard InChI is InChI=1S/C19H20FNO3/c20-15-3-1-13(2-4-15)17-7-8-21-10-14(17)11-22-16-5-6-18-19(9-16)24-12-23-18/h1-6,9,14,17,21H,7-8,10-12H2/t14-,17-/m1/s1/i1D,2D,3D,4D,12D2. The molecule has 2 aliphatic heterocycles. The molecule has 4 rings (SSSR count). The van der Waals surface area contributed by atoms with E-state index in [0.717, 1.165) is 0 Å². The van der Waals surface area contributed by atoms with Crippen LogP contribution in [0.1, 0.15) is 26.1 Å². The summed E-state index contributed by atoms with van der Waals surface area (Å²) in [6.45, 7) is -0.841. The largest absolute Gasteiger partial charge is 0.493 e. The lowest BCUT2D eigenvalue weighted by molar-refractivity contribution is 0.173. The van der Waals surface area contributed by atoms with Crippen LogP contribution in [-0.4, -0.2) is 26.4 Å². The van der Waals surface area contributed by atoms with Crippen molar-refractivity contribution in [3.63, 3.8) is 0 Å². The monoisotopic (exact) mass is 335 g/mol. The molecule has 1 fully saturated rings. The quantitative estimate of drug-likeness (QED) is 0.930. The van der Waals surface area contributed by atoms with Crippen LogP contribution in [0.3, 0.4) is 0 Å². The molecule has 2 aromatic rings. The maximum absolute atomic E-state index is 13.9. The van der Waals surface area contributed by atoms with E-state index in [4.69, 9.17) is 22.4 Å². The normalized spacial score (nSPS) is 28.0. The van der Waals surface area contributed by atoms with Gasteiger partial charge in [0.2, 0.25) is 6.75 Å². The van der Waals surface area contributed by atoms with Gasteiger partial charge in [-0.25, -0.2) is 4.39 Å². The minimum absolute atomic E-state index is 0.173. The number of halogens is 1. The maximum atomic E-state index is 13.9. The van der Waals surface area contributed by atoms with Crippen molar-refractivity contribution in [1.82, 2.24) is 5.32 Å². The summed E-state index contributed by atoms with van der Waals surface area (Å²) in [5, 5.41) is 3.24. The van der Waals surface area contributed by atoms with Crippen LogP contribution in [0.5, 0.6) is 17.2 Å². The predicted molar refractivity (Wildman–Crippen MR) is 88.2 cm³/mol. The van der Waals surface area contributed by atoms with Crippen LogP contribution >= 0.6 is 0 Å². The van der Waals surface area contributed by atoms with E-state index in [-0.39, 0.29) is 47.6 Å². The average molecular weight is 335 g/mol. The molecule has 1 N–H and O–H groups in total. The zero-order valence-corrected chi connectivity index (χ0v) is 12.8. The van der Waals surface area contributed by atoms with Crippen molar-refractivity contribution >= 4 is 0 Å². The van der Waals surface area contributed by atoms with E-state index in [1.165, 1.54) is 6.07 Å².